The van der Waals surface area contributed by atoms with Crippen molar-refractivity contribution in [3.05, 3.63) is 163 Å². The summed E-state index contributed by atoms with van der Waals surface area (Å²) in [6.07, 6.45) is 0. The van der Waals surface area contributed by atoms with Crippen LogP contribution in [0.3, 0.4) is 0 Å². The molecule has 1 aliphatic rings. The molecule has 53 heavy (non-hydrogen) atoms. The largest absolute Gasteiger partial charge is 0.456 e. The second-order valence-corrected chi connectivity index (χ2v) is 15.5. The fourth-order valence-electron chi connectivity index (χ4n) is 8.36. The van der Waals surface area contributed by atoms with Crippen molar-refractivity contribution in [1.29, 1.82) is 0 Å². The Morgan fingerprint density at radius 2 is 1.13 bits per heavy atom. The van der Waals surface area contributed by atoms with Gasteiger partial charge in [0.25, 0.3) is 0 Å². The fraction of sp³-hybridized carbons (Fsp3) is 0.0625. The maximum absolute atomic E-state index is 6.30. The number of hydrogen-bond donors (Lipinski definition) is 0. The lowest BCUT2D eigenvalue weighted by Crippen LogP contribution is -2.14. The van der Waals surface area contributed by atoms with E-state index in [0.717, 1.165) is 44.4 Å². The summed E-state index contributed by atoms with van der Waals surface area (Å²) in [4.78, 5) is 15.4. The summed E-state index contributed by atoms with van der Waals surface area (Å²) in [6.45, 7) is 4.67. The number of hydrogen-bond acceptors (Lipinski definition) is 5. The van der Waals surface area contributed by atoms with Crippen LogP contribution in [0.15, 0.2) is 156 Å². The van der Waals surface area contributed by atoms with Gasteiger partial charge in [-0.05, 0) is 69.8 Å². The van der Waals surface area contributed by atoms with Crippen LogP contribution in [0.5, 0.6) is 0 Å². The number of fused-ring (bicyclic) bond motifs is 10. The minimum Gasteiger partial charge on any atom is -0.456 e. The summed E-state index contributed by atoms with van der Waals surface area (Å²) < 4.78 is 8.78. The predicted molar refractivity (Wildman–Crippen MR) is 219 cm³/mol. The first-order chi connectivity index (χ1) is 26.0. The predicted octanol–water partition coefficient (Wildman–Crippen LogP) is 13.1. The van der Waals surface area contributed by atoms with E-state index in [1.807, 2.05) is 24.3 Å². The fourth-order valence-corrected chi connectivity index (χ4v) is 9.49. The monoisotopic (exact) mass is 697 g/mol. The van der Waals surface area contributed by atoms with E-state index in [9.17, 15) is 0 Å². The van der Waals surface area contributed by atoms with E-state index < -0.39 is 0 Å². The van der Waals surface area contributed by atoms with E-state index in [1.54, 1.807) is 11.3 Å². The van der Waals surface area contributed by atoms with Gasteiger partial charge in [0.1, 0.15) is 11.2 Å². The first-order valence-corrected chi connectivity index (χ1v) is 18.8. The molecule has 0 amide bonds. The Labute approximate surface area is 310 Å². The highest BCUT2D eigenvalue weighted by molar-refractivity contribution is 7.25. The Bertz CT molecular complexity index is 3100. The number of furan rings is 1. The van der Waals surface area contributed by atoms with Crippen LogP contribution in [0, 0.1) is 0 Å². The molecular formula is C48H31N3OS. The van der Waals surface area contributed by atoms with Crippen LogP contribution < -0.4 is 0 Å². The normalized spacial score (nSPS) is 13.2. The molecule has 5 heteroatoms. The van der Waals surface area contributed by atoms with Gasteiger partial charge in [-0.25, -0.2) is 15.0 Å². The van der Waals surface area contributed by atoms with Crippen molar-refractivity contribution >= 4 is 53.4 Å². The number of nitrogens with zero attached hydrogens (tertiary/aromatic N) is 3. The van der Waals surface area contributed by atoms with E-state index in [0.29, 0.717) is 17.5 Å². The van der Waals surface area contributed by atoms with Crippen molar-refractivity contribution in [1.82, 2.24) is 15.0 Å². The highest BCUT2D eigenvalue weighted by Gasteiger charge is 2.37. The maximum Gasteiger partial charge on any atom is 0.164 e. The molecule has 0 saturated carbocycles. The molecule has 0 bridgehead atoms. The molecule has 0 unspecified atom stereocenters. The van der Waals surface area contributed by atoms with E-state index in [4.69, 9.17) is 19.4 Å². The van der Waals surface area contributed by atoms with Crippen molar-refractivity contribution in [2.24, 2.45) is 0 Å². The lowest BCUT2D eigenvalue weighted by Gasteiger charge is -2.22. The standard InChI is InChI=1S/C48H31N3OS/c1-48(2)36-24-25-39-44(33-16-6-8-19-38(33)52-39)43(36)32-23-22-30(27-37(32)48)29-14-10-15-31(26-29)46-49-45(28-12-4-3-5-13-28)50-47(51-46)35-18-11-21-41-42(35)34-17-7-9-20-40(34)53-41/h3-27H,1-2H3. The minimum atomic E-state index is -0.175. The molecule has 3 aromatic heterocycles. The van der Waals surface area contributed by atoms with Gasteiger partial charge in [-0.15, -0.1) is 11.3 Å². The van der Waals surface area contributed by atoms with Gasteiger partial charge in [-0.2, -0.15) is 0 Å². The zero-order valence-corrected chi connectivity index (χ0v) is 29.9. The molecule has 0 radical (unpaired) electrons. The van der Waals surface area contributed by atoms with E-state index in [1.165, 1.54) is 47.8 Å². The lowest BCUT2D eigenvalue weighted by molar-refractivity contribution is 0.657. The summed E-state index contributed by atoms with van der Waals surface area (Å²) in [5.41, 5.74) is 12.1. The summed E-state index contributed by atoms with van der Waals surface area (Å²) in [5.74, 6) is 1.97. The van der Waals surface area contributed by atoms with Crippen LogP contribution >= 0.6 is 11.3 Å². The van der Waals surface area contributed by atoms with Crippen molar-refractivity contribution in [3.8, 4) is 56.4 Å². The zero-order chi connectivity index (χ0) is 35.3. The molecule has 0 spiro atoms. The van der Waals surface area contributed by atoms with Gasteiger partial charge < -0.3 is 4.42 Å². The minimum absolute atomic E-state index is 0.175. The summed E-state index contributed by atoms with van der Waals surface area (Å²) >= 11 is 1.80. The summed E-state index contributed by atoms with van der Waals surface area (Å²) in [5, 5.41) is 4.76. The van der Waals surface area contributed by atoms with Crippen molar-refractivity contribution < 1.29 is 4.42 Å². The van der Waals surface area contributed by atoms with Crippen LogP contribution in [-0.2, 0) is 5.41 Å². The van der Waals surface area contributed by atoms with Gasteiger partial charge in [-0.1, -0.05) is 129 Å². The van der Waals surface area contributed by atoms with Gasteiger partial charge in [-0.3, -0.25) is 0 Å². The Kier molecular flexibility index (Phi) is 6.43. The van der Waals surface area contributed by atoms with Gasteiger partial charge in [0.15, 0.2) is 17.5 Å². The third kappa shape index (κ3) is 4.57. The highest BCUT2D eigenvalue weighted by Crippen LogP contribution is 2.53. The molecule has 1 aliphatic carbocycles. The molecular weight excluding hydrogens is 667 g/mol. The third-order valence-electron chi connectivity index (χ3n) is 10.9. The Morgan fingerprint density at radius 3 is 2.02 bits per heavy atom. The Hall–Kier alpha value is -6.43. The van der Waals surface area contributed by atoms with Gasteiger partial charge in [0.05, 0.1) is 0 Å². The quantitative estimate of drug-likeness (QED) is 0.184. The SMILES string of the molecule is CC1(C)c2cc(-c3cccc(-c4nc(-c5ccccc5)nc(-c5cccc6sc7ccccc7c56)n4)c3)ccc2-c2c1ccc1oc3ccccc3c21. The van der Waals surface area contributed by atoms with Crippen LogP contribution in [0.1, 0.15) is 25.0 Å². The van der Waals surface area contributed by atoms with Gasteiger partial charge in [0.2, 0.25) is 0 Å². The van der Waals surface area contributed by atoms with Crippen LogP contribution in [0.4, 0.5) is 0 Å². The van der Waals surface area contributed by atoms with Gasteiger partial charge >= 0.3 is 0 Å². The molecule has 4 nitrogen and oxygen atoms in total. The molecule has 3 heterocycles. The molecule has 11 rings (SSSR count). The van der Waals surface area contributed by atoms with Crippen LogP contribution in [0.25, 0.3) is 98.5 Å². The van der Waals surface area contributed by atoms with Crippen molar-refractivity contribution in [2.75, 3.05) is 0 Å². The number of para-hydroxylation sites is 1. The second-order valence-electron chi connectivity index (χ2n) is 14.4. The molecule has 0 atom stereocenters. The lowest BCUT2D eigenvalue weighted by atomic mass is 9.81. The number of benzene rings is 7. The molecule has 0 saturated heterocycles. The third-order valence-corrected chi connectivity index (χ3v) is 12.1. The van der Waals surface area contributed by atoms with E-state index >= 15 is 0 Å². The number of aromatic nitrogens is 3. The highest BCUT2D eigenvalue weighted by atomic mass is 32.1. The van der Waals surface area contributed by atoms with Crippen LogP contribution in [-0.4, -0.2) is 15.0 Å². The van der Waals surface area contributed by atoms with Crippen molar-refractivity contribution in [3.63, 3.8) is 0 Å². The Morgan fingerprint density at radius 1 is 0.453 bits per heavy atom. The molecule has 0 aliphatic heterocycles. The summed E-state index contributed by atoms with van der Waals surface area (Å²) in [7, 11) is 0. The molecule has 0 fully saturated rings. The molecule has 10 aromatic rings. The number of rotatable bonds is 4. The van der Waals surface area contributed by atoms with Crippen molar-refractivity contribution in [2.45, 2.75) is 19.3 Å². The second kappa shape index (κ2) is 11.3. The summed E-state index contributed by atoms with van der Waals surface area (Å²) in [6, 6.07) is 53.5. The average Bonchev–Trinajstić information content (AvgIpc) is 3.85. The smallest absolute Gasteiger partial charge is 0.164 e. The molecule has 250 valence electrons. The first-order valence-electron chi connectivity index (χ1n) is 17.9. The molecule has 7 aromatic carbocycles. The topological polar surface area (TPSA) is 51.8 Å². The van der Waals surface area contributed by atoms with E-state index in [2.05, 4.69) is 141 Å². The zero-order valence-electron chi connectivity index (χ0n) is 29.1. The van der Waals surface area contributed by atoms with E-state index in [-0.39, 0.29) is 5.41 Å². The average molecular weight is 698 g/mol. The van der Waals surface area contributed by atoms with Gasteiger partial charge in [0, 0.05) is 53.1 Å². The molecule has 0 N–H and O–H groups in total. The maximum atomic E-state index is 6.30. The number of thiophene rings is 1. The Balaban J connectivity index is 1.06. The van der Waals surface area contributed by atoms with Crippen LogP contribution in [0.2, 0.25) is 0 Å². The first kappa shape index (κ1) is 30.2.